The van der Waals surface area contributed by atoms with Gasteiger partial charge in [0.2, 0.25) is 5.91 Å². The van der Waals surface area contributed by atoms with Crippen LogP contribution in [0, 0.1) is 0 Å². The zero-order chi connectivity index (χ0) is 11.3. The average Bonchev–Trinajstić information content (AvgIpc) is 2.70. The highest BCUT2D eigenvalue weighted by Gasteiger charge is 2.17. The highest BCUT2D eigenvalue weighted by atomic mass is 32.2. The molecule has 1 N–H and O–H groups in total. The molecule has 1 fully saturated rings. The van der Waals surface area contributed by atoms with Crippen LogP contribution < -0.4 is 5.32 Å². The van der Waals surface area contributed by atoms with Gasteiger partial charge in [0.15, 0.2) is 0 Å². The fourth-order valence-electron chi connectivity index (χ4n) is 1.58. The van der Waals surface area contributed by atoms with E-state index in [0.29, 0.717) is 13.1 Å². The highest BCUT2D eigenvalue weighted by Crippen LogP contribution is 2.06. The van der Waals surface area contributed by atoms with Gasteiger partial charge in [0.25, 0.3) is 0 Å². The van der Waals surface area contributed by atoms with Crippen molar-refractivity contribution < 1.29 is 9.00 Å². The summed E-state index contributed by atoms with van der Waals surface area (Å²) in [5.41, 5.74) is 0. The molecule has 0 radical (unpaired) electrons. The highest BCUT2D eigenvalue weighted by molar-refractivity contribution is 7.84. The summed E-state index contributed by atoms with van der Waals surface area (Å²) in [6, 6.07) is 0. The number of likely N-dealkylation sites (tertiary alicyclic amines) is 1. The van der Waals surface area contributed by atoms with Crippen molar-refractivity contribution in [2.45, 2.75) is 25.0 Å². The largest absolute Gasteiger partial charge is 0.342 e. The maximum atomic E-state index is 11.6. The zero-order valence-corrected chi connectivity index (χ0v) is 10.3. The van der Waals surface area contributed by atoms with E-state index in [9.17, 15) is 9.00 Å². The lowest BCUT2D eigenvalue weighted by atomic mass is 10.4. The number of carbonyl (C=O) groups excluding carboxylic acids is 1. The number of hydrogen-bond acceptors (Lipinski definition) is 3. The van der Waals surface area contributed by atoms with Gasteiger partial charge in [0.1, 0.15) is 0 Å². The molecule has 88 valence electrons. The second-order valence-electron chi connectivity index (χ2n) is 4.03. The number of carbonyl (C=O) groups is 1. The monoisotopic (exact) mass is 232 g/mol. The molecule has 1 heterocycles. The third kappa shape index (κ3) is 4.30. The predicted molar refractivity (Wildman–Crippen MR) is 62.2 cm³/mol. The maximum absolute atomic E-state index is 11.6. The summed E-state index contributed by atoms with van der Waals surface area (Å²) in [6.45, 7) is 4.74. The summed E-state index contributed by atoms with van der Waals surface area (Å²) in [5, 5.41) is 3.17. The molecule has 1 amide bonds. The molecule has 0 aromatic heterocycles. The quantitative estimate of drug-likeness (QED) is 0.724. The van der Waals surface area contributed by atoms with Crippen LogP contribution in [0.15, 0.2) is 0 Å². The van der Waals surface area contributed by atoms with Crippen LogP contribution in [-0.4, -0.2) is 52.7 Å². The van der Waals surface area contributed by atoms with Crippen LogP contribution in [0.2, 0.25) is 0 Å². The number of amides is 1. The number of hydrogen-bond donors (Lipinski definition) is 1. The zero-order valence-electron chi connectivity index (χ0n) is 9.49. The van der Waals surface area contributed by atoms with E-state index in [-0.39, 0.29) is 11.2 Å². The van der Waals surface area contributed by atoms with Gasteiger partial charge in [-0.2, -0.15) is 0 Å². The Balaban J connectivity index is 2.14. The Morgan fingerprint density at radius 1 is 1.47 bits per heavy atom. The molecule has 0 saturated carbocycles. The molecule has 0 bridgehead atoms. The van der Waals surface area contributed by atoms with E-state index in [4.69, 9.17) is 0 Å². The minimum absolute atomic E-state index is 0.108. The van der Waals surface area contributed by atoms with Gasteiger partial charge in [-0.25, -0.2) is 0 Å². The topological polar surface area (TPSA) is 49.4 Å². The van der Waals surface area contributed by atoms with Crippen molar-refractivity contribution in [1.82, 2.24) is 10.2 Å². The second kappa shape index (κ2) is 6.23. The predicted octanol–water partition coefficient (Wildman–Crippen LogP) is -0.0346. The van der Waals surface area contributed by atoms with Crippen LogP contribution in [-0.2, 0) is 15.6 Å². The summed E-state index contributed by atoms with van der Waals surface area (Å²) in [4.78, 5) is 13.5. The van der Waals surface area contributed by atoms with Gasteiger partial charge in [0, 0.05) is 41.9 Å². The van der Waals surface area contributed by atoms with Gasteiger partial charge >= 0.3 is 0 Å². The Bertz CT molecular complexity index is 240. The SMILES string of the molecule is CC(CNCC(=O)N1CCCC1)S(C)=O. The van der Waals surface area contributed by atoms with Crippen LogP contribution in [0.1, 0.15) is 19.8 Å². The molecule has 1 aliphatic rings. The Hall–Kier alpha value is -0.420. The van der Waals surface area contributed by atoms with Crippen LogP contribution in [0.3, 0.4) is 0 Å². The molecule has 0 aliphatic carbocycles. The molecule has 4 nitrogen and oxygen atoms in total. The molecule has 1 aliphatic heterocycles. The normalized spacial score (nSPS) is 20.3. The van der Waals surface area contributed by atoms with E-state index in [1.54, 1.807) is 6.26 Å². The van der Waals surface area contributed by atoms with Crippen molar-refractivity contribution in [1.29, 1.82) is 0 Å². The first-order chi connectivity index (χ1) is 7.11. The van der Waals surface area contributed by atoms with Crippen molar-refractivity contribution in [2.75, 3.05) is 32.4 Å². The van der Waals surface area contributed by atoms with Gasteiger partial charge in [-0.05, 0) is 19.8 Å². The van der Waals surface area contributed by atoms with Gasteiger partial charge in [-0.3, -0.25) is 9.00 Å². The van der Waals surface area contributed by atoms with Crippen LogP contribution >= 0.6 is 0 Å². The number of rotatable bonds is 5. The lowest BCUT2D eigenvalue weighted by Gasteiger charge is -2.16. The first-order valence-electron chi connectivity index (χ1n) is 5.42. The molecule has 5 heteroatoms. The first kappa shape index (κ1) is 12.6. The Kier molecular flexibility index (Phi) is 5.25. The van der Waals surface area contributed by atoms with Crippen molar-refractivity contribution in [3.8, 4) is 0 Å². The molecular weight excluding hydrogens is 212 g/mol. The lowest BCUT2D eigenvalue weighted by Crippen LogP contribution is -2.39. The van der Waals surface area contributed by atoms with Gasteiger partial charge < -0.3 is 10.2 Å². The van der Waals surface area contributed by atoms with E-state index < -0.39 is 10.8 Å². The maximum Gasteiger partial charge on any atom is 0.236 e. The average molecular weight is 232 g/mol. The minimum Gasteiger partial charge on any atom is -0.342 e. The Labute approximate surface area is 93.9 Å². The number of nitrogens with one attached hydrogen (secondary N) is 1. The van der Waals surface area contributed by atoms with Crippen LogP contribution in [0.4, 0.5) is 0 Å². The summed E-state index contributed by atoms with van der Waals surface area (Å²) < 4.78 is 11.1. The van der Waals surface area contributed by atoms with E-state index in [2.05, 4.69) is 5.32 Å². The van der Waals surface area contributed by atoms with E-state index in [0.717, 1.165) is 25.9 Å². The molecule has 2 unspecified atom stereocenters. The summed E-state index contributed by atoms with van der Waals surface area (Å²) >= 11 is 0. The van der Waals surface area contributed by atoms with Crippen LogP contribution in [0.25, 0.3) is 0 Å². The molecule has 1 saturated heterocycles. The fraction of sp³-hybridized carbons (Fsp3) is 0.900. The Morgan fingerprint density at radius 2 is 2.07 bits per heavy atom. The van der Waals surface area contributed by atoms with E-state index in [1.807, 2.05) is 11.8 Å². The molecule has 0 aromatic carbocycles. The van der Waals surface area contributed by atoms with Crippen LogP contribution in [0.5, 0.6) is 0 Å². The molecule has 0 aromatic rings. The van der Waals surface area contributed by atoms with Gasteiger partial charge in [0.05, 0.1) is 6.54 Å². The molecule has 15 heavy (non-hydrogen) atoms. The summed E-state index contributed by atoms with van der Waals surface area (Å²) in [5.74, 6) is 0.168. The number of nitrogens with zero attached hydrogens (tertiary/aromatic N) is 1. The second-order valence-corrected chi connectivity index (χ2v) is 5.83. The molecule has 2 atom stereocenters. The van der Waals surface area contributed by atoms with Gasteiger partial charge in [-0.1, -0.05) is 0 Å². The van der Waals surface area contributed by atoms with E-state index >= 15 is 0 Å². The van der Waals surface area contributed by atoms with Crippen molar-refractivity contribution in [2.24, 2.45) is 0 Å². The summed E-state index contributed by atoms with van der Waals surface area (Å²) in [6.07, 6.45) is 3.94. The fourth-order valence-corrected chi connectivity index (χ4v) is 1.93. The lowest BCUT2D eigenvalue weighted by molar-refractivity contribution is -0.129. The van der Waals surface area contributed by atoms with Crippen molar-refractivity contribution in [3.05, 3.63) is 0 Å². The third-order valence-corrected chi connectivity index (χ3v) is 4.03. The van der Waals surface area contributed by atoms with Crippen molar-refractivity contribution in [3.63, 3.8) is 0 Å². The Morgan fingerprint density at radius 3 is 2.60 bits per heavy atom. The molecule has 0 spiro atoms. The van der Waals surface area contributed by atoms with E-state index in [1.165, 1.54) is 0 Å². The summed E-state index contributed by atoms with van der Waals surface area (Å²) in [7, 11) is -0.814. The smallest absolute Gasteiger partial charge is 0.236 e. The standard InChI is InChI=1S/C10H20N2O2S/c1-9(15(2)14)7-11-8-10(13)12-5-3-4-6-12/h9,11H,3-8H2,1-2H3. The first-order valence-corrected chi connectivity index (χ1v) is 7.04. The molecule has 1 rings (SSSR count). The third-order valence-electron chi connectivity index (χ3n) is 2.73. The van der Waals surface area contributed by atoms with Gasteiger partial charge in [-0.15, -0.1) is 0 Å². The molecular formula is C10H20N2O2S. The minimum atomic E-state index is -0.814. The van der Waals surface area contributed by atoms with Crippen molar-refractivity contribution >= 4 is 16.7 Å².